The molecule has 0 fully saturated rings. The average Bonchev–Trinajstić information content (AvgIpc) is 2.41. The standard InChI is InChI=1S/C14H10BrF3N2O/c15-11-7-10(19)5-6-12(11)20-13(21)8-1-3-9(4-2-8)14(16,17)18/h1-7H,19H2,(H,20,21). The molecule has 0 atom stereocenters. The van der Waals surface area contributed by atoms with Gasteiger partial charge in [-0.15, -0.1) is 0 Å². The van der Waals surface area contributed by atoms with E-state index in [-0.39, 0.29) is 5.56 Å². The van der Waals surface area contributed by atoms with Crippen LogP contribution in [0.5, 0.6) is 0 Å². The number of benzene rings is 2. The number of amides is 1. The summed E-state index contributed by atoms with van der Waals surface area (Å²) in [6.07, 6.45) is -4.42. The fourth-order valence-corrected chi connectivity index (χ4v) is 2.13. The lowest BCUT2D eigenvalue weighted by molar-refractivity contribution is -0.137. The normalized spacial score (nSPS) is 11.2. The van der Waals surface area contributed by atoms with Crippen LogP contribution in [-0.2, 0) is 6.18 Å². The van der Waals surface area contributed by atoms with Crippen LogP contribution in [0.4, 0.5) is 24.5 Å². The Morgan fingerprint density at radius 3 is 2.24 bits per heavy atom. The number of rotatable bonds is 2. The van der Waals surface area contributed by atoms with E-state index in [1.54, 1.807) is 18.2 Å². The van der Waals surface area contributed by atoms with Crippen molar-refractivity contribution in [1.29, 1.82) is 0 Å². The molecule has 7 heteroatoms. The minimum atomic E-state index is -4.42. The molecule has 0 radical (unpaired) electrons. The molecule has 0 aliphatic heterocycles. The summed E-state index contributed by atoms with van der Waals surface area (Å²) >= 11 is 3.24. The predicted molar refractivity (Wildman–Crippen MR) is 78.0 cm³/mol. The molecule has 2 aromatic rings. The van der Waals surface area contributed by atoms with Gasteiger partial charge in [0.1, 0.15) is 0 Å². The number of anilines is 2. The van der Waals surface area contributed by atoms with Crippen molar-refractivity contribution < 1.29 is 18.0 Å². The number of hydrogen-bond donors (Lipinski definition) is 2. The highest BCUT2D eigenvalue weighted by Crippen LogP contribution is 2.29. The molecular weight excluding hydrogens is 349 g/mol. The zero-order valence-corrected chi connectivity index (χ0v) is 12.1. The summed E-state index contributed by atoms with van der Waals surface area (Å²) in [6.45, 7) is 0. The van der Waals surface area contributed by atoms with E-state index in [1.807, 2.05) is 0 Å². The molecule has 0 aliphatic rings. The highest BCUT2D eigenvalue weighted by molar-refractivity contribution is 9.10. The van der Waals surface area contributed by atoms with E-state index in [2.05, 4.69) is 21.2 Å². The Bertz CT molecular complexity index is 669. The number of hydrogen-bond acceptors (Lipinski definition) is 2. The van der Waals surface area contributed by atoms with E-state index in [9.17, 15) is 18.0 Å². The van der Waals surface area contributed by atoms with Gasteiger partial charge in [0, 0.05) is 15.7 Å². The minimum Gasteiger partial charge on any atom is -0.399 e. The monoisotopic (exact) mass is 358 g/mol. The SMILES string of the molecule is Nc1ccc(NC(=O)c2ccc(C(F)(F)F)cc2)c(Br)c1. The maximum Gasteiger partial charge on any atom is 0.416 e. The van der Waals surface area contributed by atoms with Crippen LogP contribution in [0.3, 0.4) is 0 Å². The molecule has 0 spiro atoms. The summed E-state index contributed by atoms with van der Waals surface area (Å²) < 4.78 is 37.9. The first-order chi connectivity index (χ1) is 9.77. The molecule has 21 heavy (non-hydrogen) atoms. The average molecular weight is 359 g/mol. The van der Waals surface area contributed by atoms with Crippen molar-refractivity contribution in [3.8, 4) is 0 Å². The van der Waals surface area contributed by atoms with E-state index in [0.717, 1.165) is 24.3 Å². The molecule has 0 saturated carbocycles. The molecular formula is C14H10BrF3N2O. The Labute approximate surface area is 127 Å². The Balaban J connectivity index is 2.17. The van der Waals surface area contributed by atoms with Crippen LogP contribution in [-0.4, -0.2) is 5.91 Å². The van der Waals surface area contributed by atoms with Crippen molar-refractivity contribution in [2.45, 2.75) is 6.18 Å². The second-order valence-corrected chi connectivity index (χ2v) is 5.12. The van der Waals surface area contributed by atoms with E-state index in [1.165, 1.54) is 0 Å². The maximum absolute atomic E-state index is 12.4. The number of alkyl halides is 3. The van der Waals surface area contributed by atoms with Gasteiger partial charge in [0.15, 0.2) is 0 Å². The fourth-order valence-electron chi connectivity index (χ4n) is 1.64. The Morgan fingerprint density at radius 2 is 1.71 bits per heavy atom. The molecule has 0 bridgehead atoms. The smallest absolute Gasteiger partial charge is 0.399 e. The first-order valence-corrected chi connectivity index (χ1v) is 6.60. The number of halogens is 4. The first kappa shape index (κ1) is 15.4. The van der Waals surface area contributed by atoms with Crippen molar-refractivity contribution >= 4 is 33.2 Å². The van der Waals surface area contributed by atoms with Crippen LogP contribution >= 0.6 is 15.9 Å². The van der Waals surface area contributed by atoms with Crippen molar-refractivity contribution in [1.82, 2.24) is 0 Å². The third-order valence-corrected chi connectivity index (χ3v) is 3.37. The zero-order chi connectivity index (χ0) is 15.6. The highest BCUT2D eigenvalue weighted by Gasteiger charge is 2.30. The van der Waals surface area contributed by atoms with Gasteiger partial charge in [-0.05, 0) is 58.4 Å². The third-order valence-electron chi connectivity index (χ3n) is 2.72. The summed E-state index contributed by atoms with van der Waals surface area (Å²) in [6, 6.07) is 8.81. The van der Waals surface area contributed by atoms with Crippen LogP contribution < -0.4 is 11.1 Å². The van der Waals surface area contributed by atoms with Gasteiger partial charge in [-0.2, -0.15) is 13.2 Å². The predicted octanol–water partition coefficient (Wildman–Crippen LogP) is 4.30. The van der Waals surface area contributed by atoms with Crippen LogP contribution in [0.2, 0.25) is 0 Å². The molecule has 2 rings (SSSR count). The molecule has 2 aromatic carbocycles. The van der Waals surface area contributed by atoms with Gasteiger partial charge in [-0.25, -0.2) is 0 Å². The fraction of sp³-hybridized carbons (Fsp3) is 0.0714. The lowest BCUT2D eigenvalue weighted by atomic mass is 10.1. The second-order valence-electron chi connectivity index (χ2n) is 4.27. The Kier molecular flexibility index (Phi) is 4.22. The number of carbonyl (C=O) groups excluding carboxylic acids is 1. The number of nitrogen functional groups attached to an aromatic ring is 1. The Hall–Kier alpha value is -2.02. The summed E-state index contributed by atoms with van der Waals surface area (Å²) in [5, 5.41) is 2.59. The van der Waals surface area contributed by atoms with Crippen LogP contribution in [0.15, 0.2) is 46.9 Å². The maximum atomic E-state index is 12.4. The molecule has 0 aliphatic carbocycles. The molecule has 110 valence electrons. The number of nitrogens with two attached hydrogens (primary N) is 1. The van der Waals surface area contributed by atoms with Crippen LogP contribution in [0.25, 0.3) is 0 Å². The Morgan fingerprint density at radius 1 is 1.10 bits per heavy atom. The second kappa shape index (κ2) is 5.77. The number of nitrogens with one attached hydrogen (secondary N) is 1. The molecule has 0 unspecified atom stereocenters. The highest BCUT2D eigenvalue weighted by atomic mass is 79.9. The molecule has 0 heterocycles. The van der Waals surface area contributed by atoms with Crippen molar-refractivity contribution in [2.75, 3.05) is 11.1 Å². The summed E-state index contributed by atoms with van der Waals surface area (Å²) in [4.78, 5) is 12.0. The van der Waals surface area contributed by atoms with Crippen molar-refractivity contribution in [3.63, 3.8) is 0 Å². The zero-order valence-electron chi connectivity index (χ0n) is 10.5. The van der Waals surface area contributed by atoms with Crippen molar-refractivity contribution in [2.24, 2.45) is 0 Å². The first-order valence-electron chi connectivity index (χ1n) is 5.81. The quantitative estimate of drug-likeness (QED) is 0.786. The van der Waals surface area contributed by atoms with Gasteiger partial charge in [-0.3, -0.25) is 4.79 Å². The number of carbonyl (C=O) groups is 1. The van der Waals surface area contributed by atoms with Gasteiger partial charge >= 0.3 is 6.18 Å². The molecule has 3 N–H and O–H groups in total. The van der Waals surface area contributed by atoms with E-state index >= 15 is 0 Å². The van der Waals surface area contributed by atoms with Crippen LogP contribution in [0.1, 0.15) is 15.9 Å². The molecule has 0 aromatic heterocycles. The lowest BCUT2D eigenvalue weighted by Gasteiger charge is -2.10. The summed E-state index contributed by atoms with van der Waals surface area (Å²) in [5.41, 5.74) is 5.91. The summed E-state index contributed by atoms with van der Waals surface area (Å²) in [7, 11) is 0. The van der Waals surface area contributed by atoms with Gasteiger partial charge < -0.3 is 11.1 Å². The van der Waals surface area contributed by atoms with E-state index in [0.29, 0.717) is 15.8 Å². The van der Waals surface area contributed by atoms with Gasteiger partial charge in [0.2, 0.25) is 0 Å². The van der Waals surface area contributed by atoms with E-state index in [4.69, 9.17) is 5.73 Å². The summed E-state index contributed by atoms with van der Waals surface area (Å²) in [5.74, 6) is -0.505. The molecule has 0 saturated heterocycles. The largest absolute Gasteiger partial charge is 0.416 e. The van der Waals surface area contributed by atoms with Crippen LogP contribution in [0, 0.1) is 0 Å². The van der Waals surface area contributed by atoms with Gasteiger partial charge in [0.05, 0.1) is 11.3 Å². The van der Waals surface area contributed by atoms with Gasteiger partial charge in [0.25, 0.3) is 5.91 Å². The van der Waals surface area contributed by atoms with Gasteiger partial charge in [-0.1, -0.05) is 0 Å². The van der Waals surface area contributed by atoms with Crippen molar-refractivity contribution in [3.05, 3.63) is 58.1 Å². The minimum absolute atomic E-state index is 0.131. The topological polar surface area (TPSA) is 55.1 Å². The molecule has 1 amide bonds. The molecule has 3 nitrogen and oxygen atoms in total. The lowest BCUT2D eigenvalue weighted by Crippen LogP contribution is -2.13. The van der Waals surface area contributed by atoms with E-state index < -0.39 is 17.6 Å². The third kappa shape index (κ3) is 3.75.